The molecule has 24 heavy (non-hydrogen) atoms. The number of likely N-dealkylation sites (tertiary alicyclic amines) is 1. The van der Waals surface area contributed by atoms with Gasteiger partial charge in [0.25, 0.3) is 0 Å². The van der Waals surface area contributed by atoms with Gasteiger partial charge in [0.05, 0.1) is 7.11 Å². The molecular formula is C19H29N3O2. The van der Waals surface area contributed by atoms with Gasteiger partial charge >= 0.3 is 6.03 Å². The van der Waals surface area contributed by atoms with Gasteiger partial charge in [-0.1, -0.05) is 24.3 Å². The second kappa shape index (κ2) is 9.33. The lowest BCUT2D eigenvalue weighted by atomic mass is 10.0. The Morgan fingerprint density at radius 3 is 2.54 bits per heavy atom. The van der Waals surface area contributed by atoms with Crippen LogP contribution in [0.15, 0.2) is 36.4 Å². The van der Waals surface area contributed by atoms with E-state index in [0.29, 0.717) is 6.54 Å². The maximum Gasteiger partial charge on any atom is 0.315 e. The van der Waals surface area contributed by atoms with Crippen LogP contribution < -0.4 is 15.4 Å². The van der Waals surface area contributed by atoms with E-state index in [2.05, 4.69) is 29.0 Å². The third-order valence-electron chi connectivity index (χ3n) is 4.27. The van der Waals surface area contributed by atoms with Crippen molar-refractivity contribution in [1.29, 1.82) is 0 Å². The smallest absolute Gasteiger partial charge is 0.315 e. The molecule has 0 saturated carbocycles. The molecule has 0 radical (unpaired) electrons. The Morgan fingerprint density at radius 1 is 1.29 bits per heavy atom. The first-order chi connectivity index (χ1) is 11.6. The highest BCUT2D eigenvalue weighted by Crippen LogP contribution is 2.12. The minimum Gasteiger partial charge on any atom is -0.497 e. The summed E-state index contributed by atoms with van der Waals surface area (Å²) in [6, 6.07) is 8.13. The number of hydrogen-bond donors (Lipinski definition) is 2. The average molecular weight is 331 g/mol. The molecule has 5 heteroatoms. The number of benzene rings is 1. The van der Waals surface area contributed by atoms with Gasteiger partial charge in [-0.25, -0.2) is 4.79 Å². The molecule has 1 aromatic carbocycles. The lowest BCUT2D eigenvalue weighted by molar-refractivity contribution is 0.202. The van der Waals surface area contributed by atoms with Crippen molar-refractivity contribution < 1.29 is 9.53 Å². The van der Waals surface area contributed by atoms with Crippen molar-refractivity contribution in [1.82, 2.24) is 15.5 Å². The zero-order valence-electron chi connectivity index (χ0n) is 14.8. The number of urea groups is 1. The van der Waals surface area contributed by atoms with Gasteiger partial charge in [-0.2, -0.15) is 0 Å². The van der Waals surface area contributed by atoms with Gasteiger partial charge in [0.1, 0.15) is 5.75 Å². The van der Waals surface area contributed by atoms with Crippen molar-refractivity contribution in [2.45, 2.75) is 32.2 Å². The fourth-order valence-electron chi connectivity index (χ4n) is 2.97. The Balaban J connectivity index is 1.62. The number of amides is 2. The average Bonchev–Trinajstić information content (AvgIpc) is 2.57. The quantitative estimate of drug-likeness (QED) is 0.755. The summed E-state index contributed by atoms with van der Waals surface area (Å²) >= 11 is 0. The van der Waals surface area contributed by atoms with Gasteiger partial charge < -0.3 is 15.4 Å². The van der Waals surface area contributed by atoms with E-state index in [1.807, 2.05) is 24.3 Å². The molecule has 1 aliphatic heterocycles. The van der Waals surface area contributed by atoms with E-state index in [0.717, 1.165) is 44.6 Å². The van der Waals surface area contributed by atoms with Crippen LogP contribution in [0.2, 0.25) is 0 Å². The number of ether oxygens (including phenoxy) is 1. The first kappa shape index (κ1) is 18.3. The minimum atomic E-state index is -0.0677. The zero-order chi connectivity index (χ0) is 17.4. The number of hydrogen-bond acceptors (Lipinski definition) is 3. The van der Waals surface area contributed by atoms with Crippen molar-refractivity contribution >= 4 is 6.03 Å². The van der Waals surface area contributed by atoms with E-state index in [1.54, 1.807) is 7.11 Å². The van der Waals surface area contributed by atoms with Crippen LogP contribution in [0, 0.1) is 0 Å². The Labute approximate surface area is 145 Å². The van der Waals surface area contributed by atoms with E-state index >= 15 is 0 Å². The van der Waals surface area contributed by atoms with Crippen LogP contribution in [0.25, 0.3) is 0 Å². The predicted molar refractivity (Wildman–Crippen MR) is 97.5 cm³/mol. The molecule has 0 atom stereocenters. The van der Waals surface area contributed by atoms with Gasteiger partial charge in [0, 0.05) is 32.2 Å². The number of carbonyl (C=O) groups is 1. The molecule has 0 bridgehead atoms. The van der Waals surface area contributed by atoms with Crippen LogP contribution in [0.4, 0.5) is 4.79 Å². The topological polar surface area (TPSA) is 53.6 Å². The van der Waals surface area contributed by atoms with Crippen LogP contribution in [-0.2, 0) is 6.42 Å². The van der Waals surface area contributed by atoms with Crippen molar-refractivity contribution in [3.05, 3.63) is 42.0 Å². The number of piperidine rings is 1. The maximum absolute atomic E-state index is 12.0. The van der Waals surface area contributed by atoms with Gasteiger partial charge in [0.2, 0.25) is 0 Å². The molecule has 1 heterocycles. The Bertz CT molecular complexity index is 534. The van der Waals surface area contributed by atoms with Crippen LogP contribution >= 0.6 is 0 Å². The fraction of sp³-hybridized carbons (Fsp3) is 0.526. The van der Waals surface area contributed by atoms with Gasteiger partial charge in [-0.3, -0.25) is 4.90 Å². The predicted octanol–water partition coefficient (Wildman–Crippen LogP) is 2.58. The van der Waals surface area contributed by atoms with Gasteiger partial charge in [0.15, 0.2) is 0 Å². The first-order valence-corrected chi connectivity index (χ1v) is 8.61. The Kier molecular flexibility index (Phi) is 7.12. The van der Waals surface area contributed by atoms with Gasteiger partial charge in [-0.15, -0.1) is 0 Å². The van der Waals surface area contributed by atoms with Crippen LogP contribution in [0.5, 0.6) is 5.75 Å². The summed E-state index contributed by atoms with van der Waals surface area (Å²) in [4.78, 5) is 14.4. The fourth-order valence-corrected chi connectivity index (χ4v) is 2.97. The standard InChI is InChI=1S/C19H29N3O2/c1-15(2)14-22-12-9-17(10-13-22)21-19(23)20-11-8-16-4-6-18(24-3)7-5-16/h4-7,17H,1,8-14H2,2-3H3,(H2,20,21,23). The van der Waals surface area contributed by atoms with E-state index < -0.39 is 0 Å². The number of nitrogens with zero attached hydrogens (tertiary/aromatic N) is 1. The summed E-state index contributed by atoms with van der Waals surface area (Å²) < 4.78 is 5.14. The third-order valence-corrected chi connectivity index (χ3v) is 4.27. The molecule has 0 unspecified atom stereocenters. The first-order valence-electron chi connectivity index (χ1n) is 8.61. The van der Waals surface area contributed by atoms with E-state index in [-0.39, 0.29) is 12.1 Å². The molecule has 1 fully saturated rings. The number of nitrogens with one attached hydrogen (secondary N) is 2. The summed E-state index contributed by atoms with van der Waals surface area (Å²) in [6.45, 7) is 9.64. The Hall–Kier alpha value is -2.01. The van der Waals surface area contributed by atoms with Crippen molar-refractivity contribution in [3.63, 3.8) is 0 Å². The lowest BCUT2D eigenvalue weighted by Crippen LogP contribution is -2.48. The molecule has 1 aromatic rings. The molecule has 5 nitrogen and oxygen atoms in total. The monoisotopic (exact) mass is 331 g/mol. The normalized spacial score (nSPS) is 15.8. The molecule has 0 aliphatic carbocycles. The van der Waals surface area contributed by atoms with E-state index in [9.17, 15) is 4.79 Å². The summed E-state index contributed by atoms with van der Waals surface area (Å²) in [7, 11) is 1.66. The summed E-state index contributed by atoms with van der Waals surface area (Å²) in [5.74, 6) is 0.849. The molecule has 132 valence electrons. The van der Waals surface area contributed by atoms with Crippen LogP contribution in [-0.4, -0.2) is 50.3 Å². The Morgan fingerprint density at radius 2 is 1.96 bits per heavy atom. The highest BCUT2D eigenvalue weighted by molar-refractivity contribution is 5.74. The van der Waals surface area contributed by atoms with Crippen molar-refractivity contribution in [3.8, 4) is 5.75 Å². The van der Waals surface area contributed by atoms with Crippen LogP contribution in [0.3, 0.4) is 0 Å². The molecular weight excluding hydrogens is 302 g/mol. The second-order valence-electron chi connectivity index (χ2n) is 6.51. The lowest BCUT2D eigenvalue weighted by Gasteiger charge is -2.32. The summed E-state index contributed by atoms with van der Waals surface area (Å²) in [6.07, 6.45) is 2.81. The summed E-state index contributed by atoms with van der Waals surface area (Å²) in [5.41, 5.74) is 2.38. The van der Waals surface area contributed by atoms with E-state index in [4.69, 9.17) is 4.74 Å². The van der Waals surface area contributed by atoms with Crippen LogP contribution in [0.1, 0.15) is 25.3 Å². The number of rotatable bonds is 7. The molecule has 2 N–H and O–H groups in total. The minimum absolute atomic E-state index is 0.0677. The number of methoxy groups -OCH3 is 1. The molecule has 0 aromatic heterocycles. The SMILES string of the molecule is C=C(C)CN1CCC(NC(=O)NCCc2ccc(OC)cc2)CC1. The molecule has 0 spiro atoms. The van der Waals surface area contributed by atoms with Gasteiger partial charge in [-0.05, 0) is 43.9 Å². The van der Waals surface area contributed by atoms with Crippen molar-refractivity contribution in [2.24, 2.45) is 0 Å². The highest BCUT2D eigenvalue weighted by atomic mass is 16.5. The largest absolute Gasteiger partial charge is 0.497 e. The molecule has 1 saturated heterocycles. The van der Waals surface area contributed by atoms with E-state index in [1.165, 1.54) is 11.1 Å². The maximum atomic E-state index is 12.0. The second-order valence-corrected chi connectivity index (χ2v) is 6.51. The number of carbonyl (C=O) groups excluding carboxylic acids is 1. The summed E-state index contributed by atoms with van der Waals surface area (Å²) in [5, 5.41) is 6.02. The molecule has 2 rings (SSSR count). The van der Waals surface area contributed by atoms with Crippen molar-refractivity contribution in [2.75, 3.05) is 33.3 Å². The molecule has 2 amide bonds. The molecule has 1 aliphatic rings. The zero-order valence-corrected chi connectivity index (χ0v) is 14.8. The third kappa shape index (κ3) is 6.24. The highest BCUT2D eigenvalue weighted by Gasteiger charge is 2.20.